The van der Waals surface area contributed by atoms with Crippen LogP contribution in [0.1, 0.15) is 43.4 Å². The predicted octanol–water partition coefficient (Wildman–Crippen LogP) is 5.81. The fourth-order valence-electron chi connectivity index (χ4n) is 3.59. The number of rotatable bonds is 5. The molecule has 0 bridgehead atoms. The van der Waals surface area contributed by atoms with E-state index in [1.807, 2.05) is 12.3 Å². The maximum absolute atomic E-state index is 6.02. The van der Waals surface area contributed by atoms with Crippen LogP contribution in [0.25, 0.3) is 11.1 Å². The molecule has 29 heavy (non-hydrogen) atoms. The number of aromatic nitrogens is 1. The summed E-state index contributed by atoms with van der Waals surface area (Å²) in [6, 6.07) is 19.0. The molecule has 0 spiro atoms. The van der Waals surface area contributed by atoms with E-state index in [4.69, 9.17) is 10.5 Å². The minimum absolute atomic E-state index is 0.581. The molecule has 3 nitrogen and oxygen atoms in total. The summed E-state index contributed by atoms with van der Waals surface area (Å²) in [7, 11) is 0. The minimum Gasteiger partial charge on any atom is -0.489 e. The maximum Gasteiger partial charge on any atom is 0.120 e. The van der Waals surface area contributed by atoms with Crippen LogP contribution in [-0.2, 0) is 19.4 Å². The van der Waals surface area contributed by atoms with Crippen LogP contribution in [-0.4, -0.2) is 11.5 Å². The molecule has 4 rings (SSSR count). The maximum atomic E-state index is 6.02. The van der Waals surface area contributed by atoms with E-state index >= 15 is 0 Å². The van der Waals surface area contributed by atoms with Crippen LogP contribution in [0, 0.1) is 5.92 Å². The first-order chi connectivity index (χ1) is 14.2. The third-order valence-electron chi connectivity index (χ3n) is 5.20. The minimum atomic E-state index is 0.581. The Balaban J connectivity index is 0.000000755. The number of hydrogen-bond acceptors (Lipinski definition) is 3. The highest BCUT2D eigenvalue weighted by Gasteiger charge is 2.17. The van der Waals surface area contributed by atoms with Gasteiger partial charge < -0.3 is 10.5 Å². The van der Waals surface area contributed by atoms with Crippen molar-refractivity contribution >= 4 is 0 Å². The summed E-state index contributed by atoms with van der Waals surface area (Å²) in [5.74, 6) is 1.58. The fourth-order valence-corrected chi connectivity index (χ4v) is 3.59. The lowest BCUT2D eigenvalue weighted by atomic mass is 9.84. The molecule has 0 saturated carbocycles. The van der Waals surface area contributed by atoms with E-state index in [9.17, 15) is 0 Å². The molecular formula is C26H32N2O. The quantitative estimate of drug-likeness (QED) is 0.600. The summed E-state index contributed by atoms with van der Waals surface area (Å²) in [5, 5.41) is 0. The Morgan fingerprint density at radius 1 is 1.00 bits per heavy atom. The number of nitrogens with zero attached hydrogens (tertiary/aromatic N) is 1. The Labute approximate surface area is 175 Å². The summed E-state index contributed by atoms with van der Waals surface area (Å²) < 4.78 is 6.02. The zero-order chi connectivity index (χ0) is 20.5. The molecule has 1 aromatic heterocycles. The lowest BCUT2D eigenvalue weighted by Gasteiger charge is -2.23. The molecule has 2 N–H and O–H groups in total. The van der Waals surface area contributed by atoms with Crippen LogP contribution in [0.15, 0.2) is 67.0 Å². The van der Waals surface area contributed by atoms with Crippen molar-refractivity contribution in [1.29, 1.82) is 0 Å². The second kappa shape index (κ2) is 10.8. The molecule has 1 aliphatic carbocycles. The number of hydrogen-bond donors (Lipinski definition) is 1. The number of aryl methyl sites for hydroxylation is 1. The largest absolute Gasteiger partial charge is 0.489 e. The Hall–Kier alpha value is -2.65. The Morgan fingerprint density at radius 2 is 1.79 bits per heavy atom. The third kappa shape index (κ3) is 5.91. The van der Waals surface area contributed by atoms with Crippen LogP contribution >= 0.6 is 0 Å². The number of pyridine rings is 1. The molecule has 3 aromatic rings. The first-order valence-corrected chi connectivity index (χ1v) is 10.7. The zero-order valence-corrected chi connectivity index (χ0v) is 17.6. The van der Waals surface area contributed by atoms with Gasteiger partial charge in [-0.05, 0) is 77.7 Å². The summed E-state index contributed by atoms with van der Waals surface area (Å²) >= 11 is 0. The zero-order valence-electron chi connectivity index (χ0n) is 17.6. The molecule has 0 fully saturated rings. The molecule has 0 radical (unpaired) electrons. The van der Waals surface area contributed by atoms with Crippen molar-refractivity contribution in [1.82, 2.24) is 4.98 Å². The van der Waals surface area contributed by atoms with E-state index in [1.54, 1.807) is 6.20 Å². The second-order valence-corrected chi connectivity index (χ2v) is 7.71. The molecule has 0 aliphatic heterocycles. The molecule has 3 heteroatoms. The Kier molecular flexibility index (Phi) is 7.83. The average Bonchev–Trinajstić information content (AvgIpc) is 2.78. The van der Waals surface area contributed by atoms with Crippen molar-refractivity contribution in [2.45, 2.75) is 46.1 Å². The normalized spacial score (nSPS) is 15.1. The van der Waals surface area contributed by atoms with Crippen LogP contribution in [0.4, 0.5) is 0 Å². The van der Waals surface area contributed by atoms with Gasteiger partial charge in [-0.2, -0.15) is 0 Å². The number of benzene rings is 2. The van der Waals surface area contributed by atoms with E-state index in [-0.39, 0.29) is 0 Å². The molecule has 2 aromatic carbocycles. The first-order valence-electron chi connectivity index (χ1n) is 10.7. The summed E-state index contributed by atoms with van der Waals surface area (Å²) in [6.45, 7) is 5.62. The lowest BCUT2D eigenvalue weighted by Crippen LogP contribution is -2.22. The highest BCUT2D eigenvalue weighted by Crippen LogP contribution is 2.28. The van der Waals surface area contributed by atoms with Crippen molar-refractivity contribution in [3.63, 3.8) is 0 Å². The molecule has 0 saturated heterocycles. The smallest absolute Gasteiger partial charge is 0.120 e. The number of ether oxygens (including phenoxy) is 1. The molecule has 0 amide bonds. The van der Waals surface area contributed by atoms with E-state index in [2.05, 4.69) is 67.4 Å². The van der Waals surface area contributed by atoms with E-state index in [1.165, 1.54) is 35.1 Å². The van der Waals surface area contributed by atoms with E-state index in [0.29, 0.717) is 12.5 Å². The van der Waals surface area contributed by atoms with Gasteiger partial charge in [-0.3, -0.25) is 4.98 Å². The van der Waals surface area contributed by atoms with Gasteiger partial charge in [0, 0.05) is 12.4 Å². The Morgan fingerprint density at radius 3 is 2.48 bits per heavy atom. The number of nitrogens with two attached hydrogens (primary N) is 1. The van der Waals surface area contributed by atoms with E-state index < -0.39 is 0 Å². The van der Waals surface area contributed by atoms with Gasteiger partial charge in [0.05, 0.1) is 0 Å². The van der Waals surface area contributed by atoms with Gasteiger partial charge in [-0.15, -0.1) is 0 Å². The van der Waals surface area contributed by atoms with Gasteiger partial charge in [0.15, 0.2) is 0 Å². The van der Waals surface area contributed by atoms with Crippen molar-refractivity contribution in [2.75, 3.05) is 6.54 Å². The standard InChI is InChI=1S/C23H24N2O.C3H8/c24-14-18-5-8-21-13-23(10-9-20(21)12-18)26-16-17-3-6-19(7-4-17)22-2-1-11-25-15-22;1-3-2/h1-4,6-7,9-11,13,15,18H,5,8,12,14,16,24H2;3H2,1-2H3. The summed E-state index contributed by atoms with van der Waals surface area (Å²) in [4.78, 5) is 4.17. The SMILES string of the molecule is CCC.NCC1CCc2cc(OCc3ccc(-c4cccnc4)cc3)ccc2C1. The fraction of sp³-hybridized carbons (Fsp3) is 0.346. The van der Waals surface area contributed by atoms with Gasteiger partial charge >= 0.3 is 0 Å². The van der Waals surface area contributed by atoms with Crippen molar-refractivity contribution in [2.24, 2.45) is 11.7 Å². The van der Waals surface area contributed by atoms with Crippen LogP contribution < -0.4 is 10.5 Å². The Bertz CT molecular complexity index is 875. The summed E-state index contributed by atoms with van der Waals surface area (Å²) in [6.07, 6.45) is 8.31. The van der Waals surface area contributed by atoms with Crippen molar-refractivity contribution < 1.29 is 4.74 Å². The molecule has 1 heterocycles. The van der Waals surface area contributed by atoms with Crippen LogP contribution in [0.5, 0.6) is 5.75 Å². The van der Waals surface area contributed by atoms with Gasteiger partial charge in [-0.1, -0.05) is 56.7 Å². The summed E-state index contributed by atoms with van der Waals surface area (Å²) in [5.41, 5.74) is 12.1. The first kappa shape index (κ1) is 21.1. The van der Waals surface area contributed by atoms with Crippen molar-refractivity contribution in [3.8, 4) is 16.9 Å². The molecule has 152 valence electrons. The average molecular weight is 389 g/mol. The lowest BCUT2D eigenvalue weighted by molar-refractivity contribution is 0.305. The van der Waals surface area contributed by atoms with Gasteiger partial charge in [0.1, 0.15) is 12.4 Å². The molecule has 1 atom stereocenters. The topological polar surface area (TPSA) is 48.1 Å². The third-order valence-corrected chi connectivity index (χ3v) is 5.20. The van der Waals surface area contributed by atoms with Crippen LogP contribution in [0.3, 0.4) is 0 Å². The molecular weight excluding hydrogens is 356 g/mol. The van der Waals surface area contributed by atoms with Crippen LogP contribution in [0.2, 0.25) is 0 Å². The van der Waals surface area contributed by atoms with Gasteiger partial charge in [0.2, 0.25) is 0 Å². The van der Waals surface area contributed by atoms with Gasteiger partial charge in [0.25, 0.3) is 0 Å². The monoisotopic (exact) mass is 388 g/mol. The van der Waals surface area contributed by atoms with E-state index in [0.717, 1.165) is 30.7 Å². The van der Waals surface area contributed by atoms with Gasteiger partial charge in [-0.25, -0.2) is 0 Å². The highest BCUT2D eigenvalue weighted by atomic mass is 16.5. The van der Waals surface area contributed by atoms with Crippen molar-refractivity contribution in [3.05, 3.63) is 83.7 Å². The molecule has 1 unspecified atom stereocenters. The predicted molar refractivity (Wildman–Crippen MR) is 121 cm³/mol. The number of fused-ring (bicyclic) bond motifs is 1. The second-order valence-electron chi connectivity index (χ2n) is 7.71. The molecule has 1 aliphatic rings. The highest BCUT2D eigenvalue weighted by molar-refractivity contribution is 5.62.